The molecule has 0 saturated carbocycles. The summed E-state index contributed by atoms with van der Waals surface area (Å²) in [6, 6.07) is 11.1. The topological polar surface area (TPSA) is 41.6 Å². The van der Waals surface area contributed by atoms with E-state index in [4.69, 9.17) is 4.74 Å². The predicted octanol–water partition coefficient (Wildman–Crippen LogP) is 6.42. The van der Waals surface area contributed by atoms with Crippen LogP contribution in [0.3, 0.4) is 0 Å². The van der Waals surface area contributed by atoms with Crippen LogP contribution in [0.15, 0.2) is 48.5 Å². The van der Waals surface area contributed by atoms with Gasteiger partial charge in [0.15, 0.2) is 0 Å². The minimum atomic E-state index is -4.38. The second-order valence-electron chi connectivity index (χ2n) is 8.50. The van der Waals surface area contributed by atoms with Crippen LogP contribution in [0.2, 0.25) is 0 Å². The lowest BCUT2D eigenvalue weighted by Gasteiger charge is -2.30. The molecule has 0 spiro atoms. The number of halogens is 3. The second-order valence-corrected chi connectivity index (χ2v) is 8.50. The molecule has 4 nitrogen and oxygen atoms in total. The van der Waals surface area contributed by atoms with Gasteiger partial charge in [0.25, 0.3) is 0 Å². The highest BCUT2D eigenvalue weighted by Crippen LogP contribution is 2.29. The Kier molecular flexibility index (Phi) is 9.53. The SMILES string of the molecule is COc1ccc(NC(=O)C=Cc2ccc(C(F)(F)F)cc2)cc1CCCN(C(C)C)C(C)C. The molecule has 7 heteroatoms. The first-order valence-electron chi connectivity index (χ1n) is 11.1. The number of nitrogens with zero attached hydrogens (tertiary/aromatic N) is 1. The number of anilines is 1. The van der Waals surface area contributed by atoms with Gasteiger partial charge in [-0.05, 0) is 94.6 Å². The number of amides is 1. The monoisotopic (exact) mass is 462 g/mol. The third-order valence-electron chi connectivity index (χ3n) is 5.40. The summed E-state index contributed by atoms with van der Waals surface area (Å²) in [6.45, 7) is 9.72. The molecule has 0 aromatic heterocycles. The first-order chi connectivity index (χ1) is 15.5. The molecule has 1 amide bonds. The number of carbonyl (C=O) groups excluding carboxylic acids is 1. The first-order valence-corrected chi connectivity index (χ1v) is 11.1. The van der Waals surface area contributed by atoms with Gasteiger partial charge in [-0.15, -0.1) is 0 Å². The third kappa shape index (κ3) is 8.24. The number of hydrogen-bond acceptors (Lipinski definition) is 3. The maximum Gasteiger partial charge on any atom is 0.416 e. The van der Waals surface area contributed by atoms with Crippen LogP contribution in [0.5, 0.6) is 5.75 Å². The second kappa shape index (κ2) is 11.9. The van der Waals surface area contributed by atoms with E-state index in [-0.39, 0.29) is 5.91 Å². The van der Waals surface area contributed by atoms with E-state index < -0.39 is 11.7 Å². The average molecular weight is 463 g/mol. The van der Waals surface area contributed by atoms with Crippen molar-refractivity contribution >= 4 is 17.7 Å². The quantitative estimate of drug-likeness (QED) is 0.415. The molecule has 2 aromatic carbocycles. The third-order valence-corrected chi connectivity index (χ3v) is 5.40. The number of hydrogen-bond donors (Lipinski definition) is 1. The van der Waals surface area contributed by atoms with E-state index in [1.54, 1.807) is 13.2 Å². The van der Waals surface area contributed by atoms with E-state index in [9.17, 15) is 18.0 Å². The molecule has 1 N–H and O–H groups in total. The Morgan fingerprint density at radius 1 is 1.06 bits per heavy atom. The Bertz CT molecular complexity index is 928. The lowest BCUT2D eigenvalue weighted by atomic mass is 10.1. The maximum atomic E-state index is 12.7. The van der Waals surface area contributed by atoms with Gasteiger partial charge in [-0.3, -0.25) is 9.69 Å². The van der Waals surface area contributed by atoms with Gasteiger partial charge in [0.1, 0.15) is 5.75 Å². The van der Waals surface area contributed by atoms with E-state index in [0.29, 0.717) is 23.3 Å². The summed E-state index contributed by atoms with van der Waals surface area (Å²) in [5, 5.41) is 2.80. The van der Waals surface area contributed by atoms with E-state index >= 15 is 0 Å². The Labute approximate surface area is 194 Å². The maximum absolute atomic E-state index is 12.7. The molecule has 2 rings (SSSR count). The van der Waals surface area contributed by atoms with E-state index in [2.05, 4.69) is 37.9 Å². The summed E-state index contributed by atoms with van der Waals surface area (Å²) in [5.74, 6) is 0.408. The fourth-order valence-electron chi connectivity index (χ4n) is 3.76. The molecule has 0 aliphatic carbocycles. The largest absolute Gasteiger partial charge is 0.496 e. The Balaban J connectivity index is 2.01. The molecular formula is C26H33F3N2O2. The van der Waals surface area contributed by atoms with Crippen molar-refractivity contribution in [3.05, 3.63) is 65.2 Å². The first kappa shape index (κ1) is 26.5. The minimum Gasteiger partial charge on any atom is -0.496 e. The Morgan fingerprint density at radius 3 is 2.24 bits per heavy atom. The van der Waals surface area contributed by atoms with Gasteiger partial charge < -0.3 is 10.1 Å². The summed E-state index contributed by atoms with van der Waals surface area (Å²) in [4.78, 5) is 14.7. The van der Waals surface area contributed by atoms with Crippen molar-refractivity contribution in [2.24, 2.45) is 0 Å². The molecule has 0 saturated heterocycles. The van der Waals surface area contributed by atoms with Crippen LogP contribution >= 0.6 is 0 Å². The standard InChI is InChI=1S/C26H33F3N2O2/c1-18(2)31(19(3)4)16-6-7-21-17-23(13-14-24(21)33-5)30-25(32)15-10-20-8-11-22(12-9-20)26(27,28)29/h8-15,17-19H,6-7,16H2,1-5H3,(H,30,32). The molecule has 0 unspecified atom stereocenters. The van der Waals surface area contributed by atoms with Crippen molar-refractivity contribution in [3.8, 4) is 5.75 Å². The normalized spacial score (nSPS) is 12.2. The van der Waals surface area contributed by atoms with Gasteiger partial charge in [0, 0.05) is 23.8 Å². The van der Waals surface area contributed by atoms with Crippen molar-refractivity contribution < 1.29 is 22.7 Å². The number of ether oxygens (including phenoxy) is 1. The van der Waals surface area contributed by atoms with Gasteiger partial charge in [-0.25, -0.2) is 0 Å². The smallest absolute Gasteiger partial charge is 0.416 e. The summed E-state index contributed by atoms with van der Waals surface area (Å²) >= 11 is 0. The van der Waals surface area contributed by atoms with Crippen molar-refractivity contribution in [1.82, 2.24) is 4.90 Å². The Hall–Kier alpha value is -2.80. The molecule has 0 radical (unpaired) electrons. The molecule has 0 fully saturated rings. The highest BCUT2D eigenvalue weighted by atomic mass is 19.4. The van der Waals surface area contributed by atoms with Gasteiger partial charge in [0.05, 0.1) is 12.7 Å². The van der Waals surface area contributed by atoms with Gasteiger partial charge in [-0.2, -0.15) is 13.2 Å². The number of aryl methyl sites for hydroxylation is 1. The molecule has 0 atom stereocenters. The number of carbonyl (C=O) groups is 1. The fourth-order valence-corrected chi connectivity index (χ4v) is 3.76. The lowest BCUT2D eigenvalue weighted by Crippen LogP contribution is -2.37. The average Bonchev–Trinajstić information content (AvgIpc) is 2.74. The van der Waals surface area contributed by atoms with E-state index in [0.717, 1.165) is 42.8 Å². The molecule has 33 heavy (non-hydrogen) atoms. The number of rotatable bonds is 10. The summed E-state index contributed by atoms with van der Waals surface area (Å²) < 4.78 is 43.4. The number of nitrogens with one attached hydrogen (secondary N) is 1. The van der Waals surface area contributed by atoms with Crippen molar-refractivity contribution in [2.45, 2.75) is 58.8 Å². The number of methoxy groups -OCH3 is 1. The van der Waals surface area contributed by atoms with Gasteiger partial charge >= 0.3 is 6.18 Å². The van der Waals surface area contributed by atoms with Crippen LogP contribution in [0.25, 0.3) is 6.08 Å². The highest BCUT2D eigenvalue weighted by Gasteiger charge is 2.29. The number of alkyl halides is 3. The molecule has 180 valence electrons. The van der Waals surface area contributed by atoms with Gasteiger partial charge in [0.2, 0.25) is 5.91 Å². The summed E-state index contributed by atoms with van der Waals surface area (Å²) in [7, 11) is 1.62. The zero-order valence-corrected chi connectivity index (χ0v) is 19.9. The van der Waals surface area contributed by atoms with Crippen LogP contribution < -0.4 is 10.1 Å². The van der Waals surface area contributed by atoms with Gasteiger partial charge in [-0.1, -0.05) is 12.1 Å². The Morgan fingerprint density at radius 2 is 1.70 bits per heavy atom. The highest BCUT2D eigenvalue weighted by molar-refractivity contribution is 6.02. The fraction of sp³-hybridized carbons (Fsp3) is 0.423. The van der Waals surface area contributed by atoms with E-state index in [1.165, 1.54) is 24.3 Å². The van der Waals surface area contributed by atoms with Crippen LogP contribution in [-0.2, 0) is 17.4 Å². The molecule has 0 heterocycles. The molecule has 0 aliphatic heterocycles. The van der Waals surface area contributed by atoms with Crippen molar-refractivity contribution in [3.63, 3.8) is 0 Å². The summed E-state index contributed by atoms with van der Waals surface area (Å²) in [5.41, 5.74) is 1.43. The molecule has 2 aromatic rings. The molecule has 0 aliphatic rings. The summed E-state index contributed by atoms with van der Waals surface area (Å²) in [6.07, 6.45) is 0.164. The van der Waals surface area contributed by atoms with Crippen LogP contribution in [0.4, 0.5) is 18.9 Å². The van der Waals surface area contributed by atoms with Crippen LogP contribution in [0.1, 0.15) is 50.8 Å². The lowest BCUT2D eigenvalue weighted by molar-refractivity contribution is -0.137. The van der Waals surface area contributed by atoms with Crippen molar-refractivity contribution in [1.29, 1.82) is 0 Å². The zero-order valence-electron chi connectivity index (χ0n) is 19.9. The predicted molar refractivity (Wildman–Crippen MR) is 127 cm³/mol. The number of benzene rings is 2. The van der Waals surface area contributed by atoms with Crippen molar-refractivity contribution in [2.75, 3.05) is 19.0 Å². The van der Waals surface area contributed by atoms with Crippen LogP contribution in [-0.4, -0.2) is 36.5 Å². The molecule has 0 bridgehead atoms. The zero-order chi connectivity index (χ0) is 24.6. The minimum absolute atomic E-state index is 0.364. The van der Waals surface area contributed by atoms with E-state index in [1.807, 2.05) is 12.1 Å². The molecular weight excluding hydrogens is 429 g/mol. The van der Waals surface area contributed by atoms with Crippen LogP contribution in [0, 0.1) is 0 Å².